The van der Waals surface area contributed by atoms with Crippen molar-refractivity contribution in [3.05, 3.63) is 0 Å². The van der Waals surface area contributed by atoms with Gasteiger partial charge in [0.25, 0.3) is 0 Å². The Kier molecular flexibility index (Phi) is 5.04. The molecule has 2 aliphatic rings. The fourth-order valence-corrected chi connectivity index (χ4v) is 3.23. The van der Waals surface area contributed by atoms with Crippen molar-refractivity contribution in [1.82, 2.24) is 0 Å². The first-order valence-electron chi connectivity index (χ1n) is 7.60. The van der Waals surface area contributed by atoms with Crippen LogP contribution in [0.2, 0.25) is 0 Å². The summed E-state index contributed by atoms with van der Waals surface area (Å²) in [5, 5.41) is 0. The Morgan fingerprint density at radius 1 is 1.11 bits per heavy atom. The van der Waals surface area contributed by atoms with Crippen LogP contribution in [0.5, 0.6) is 0 Å². The fourth-order valence-electron chi connectivity index (χ4n) is 3.23. The lowest BCUT2D eigenvalue weighted by Crippen LogP contribution is -2.39. The normalized spacial score (nSPS) is 24.1. The minimum Gasteiger partial charge on any atom is -0.465 e. The van der Waals surface area contributed by atoms with Gasteiger partial charge in [-0.15, -0.1) is 0 Å². The van der Waals surface area contributed by atoms with E-state index in [1.54, 1.807) is 0 Å². The molecule has 0 aromatic rings. The molecule has 104 valence electrons. The van der Waals surface area contributed by atoms with Crippen LogP contribution in [0.25, 0.3) is 0 Å². The van der Waals surface area contributed by atoms with Crippen molar-refractivity contribution in [2.75, 3.05) is 13.2 Å². The second-order valence-electron chi connectivity index (χ2n) is 6.28. The molecular formula is C15H27NO2. The summed E-state index contributed by atoms with van der Waals surface area (Å²) in [4.78, 5) is 11.9. The van der Waals surface area contributed by atoms with Gasteiger partial charge in [-0.05, 0) is 43.6 Å². The lowest BCUT2D eigenvalue weighted by molar-refractivity contribution is -0.149. The first-order chi connectivity index (χ1) is 8.74. The molecule has 2 fully saturated rings. The zero-order valence-corrected chi connectivity index (χ0v) is 11.5. The molecule has 2 rings (SSSR count). The van der Waals surface area contributed by atoms with E-state index in [1.807, 2.05) is 0 Å². The summed E-state index contributed by atoms with van der Waals surface area (Å²) in [7, 11) is 0. The van der Waals surface area contributed by atoms with Gasteiger partial charge in [-0.2, -0.15) is 0 Å². The van der Waals surface area contributed by atoms with E-state index in [9.17, 15) is 4.79 Å². The maximum Gasteiger partial charge on any atom is 0.306 e. The van der Waals surface area contributed by atoms with E-state index in [1.165, 1.54) is 44.9 Å². The zero-order valence-electron chi connectivity index (χ0n) is 11.5. The predicted molar refractivity (Wildman–Crippen MR) is 72.1 cm³/mol. The number of hydrogen-bond acceptors (Lipinski definition) is 3. The highest BCUT2D eigenvalue weighted by molar-refractivity contribution is 5.70. The van der Waals surface area contributed by atoms with Crippen molar-refractivity contribution in [3.63, 3.8) is 0 Å². The molecule has 3 nitrogen and oxygen atoms in total. The molecule has 0 bridgehead atoms. The summed E-state index contributed by atoms with van der Waals surface area (Å²) in [5.41, 5.74) is 5.85. The molecule has 2 saturated carbocycles. The molecule has 0 spiro atoms. The van der Waals surface area contributed by atoms with Gasteiger partial charge in [0, 0.05) is 0 Å². The summed E-state index contributed by atoms with van der Waals surface area (Å²) >= 11 is 0. The Bertz CT molecular complexity index is 260. The maximum atomic E-state index is 11.9. The standard InChI is InChI=1S/C15H27NO2/c16-12-15(8-5-9-15)10-14(17)18-11-13-6-3-1-2-4-7-13/h13H,1-12,16H2. The number of nitrogens with two attached hydrogens (primary N) is 1. The second-order valence-corrected chi connectivity index (χ2v) is 6.28. The van der Waals surface area contributed by atoms with Crippen molar-refractivity contribution >= 4 is 5.97 Å². The van der Waals surface area contributed by atoms with Crippen molar-refractivity contribution < 1.29 is 9.53 Å². The molecule has 0 unspecified atom stereocenters. The highest BCUT2D eigenvalue weighted by Crippen LogP contribution is 2.43. The Labute approximate surface area is 110 Å². The van der Waals surface area contributed by atoms with E-state index in [0.29, 0.717) is 25.5 Å². The van der Waals surface area contributed by atoms with Gasteiger partial charge >= 0.3 is 5.97 Å². The number of rotatable bonds is 5. The average molecular weight is 253 g/mol. The van der Waals surface area contributed by atoms with E-state index in [2.05, 4.69) is 0 Å². The molecule has 3 heteroatoms. The third-order valence-electron chi connectivity index (χ3n) is 4.82. The van der Waals surface area contributed by atoms with Crippen molar-refractivity contribution in [1.29, 1.82) is 0 Å². The van der Waals surface area contributed by atoms with Crippen LogP contribution >= 0.6 is 0 Å². The number of esters is 1. The van der Waals surface area contributed by atoms with Gasteiger partial charge in [0.05, 0.1) is 13.0 Å². The molecule has 0 radical (unpaired) electrons. The predicted octanol–water partition coefficient (Wildman–Crippen LogP) is 3.02. The van der Waals surface area contributed by atoms with Crippen LogP contribution in [0.1, 0.15) is 64.2 Å². The van der Waals surface area contributed by atoms with Gasteiger partial charge in [-0.3, -0.25) is 4.79 Å². The molecule has 2 N–H and O–H groups in total. The lowest BCUT2D eigenvalue weighted by atomic mass is 9.67. The van der Waals surface area contributed by atoms with Crippen LogP contribution in [0, 0.1) is 11.3 Å². The topological polar surface area (TPSA) is 52.3 Å². The maximum absolute atomic E-state index is 11.9. The first-order valence-corrected chi connectivity index (χ1v) is 7.60. The Balaban J connectivity index is 1.67. The Morgan fingerprint density at radius 2 is 1.78 bits per heavy atom. The highest BCUT2D eigenvalue weighted by atomic mass is 16.5. The third kappa shape index (κ3) is 3.71. The van der Waals surface area contributed by atoms with E-state index < -0.39 is 0 Å². The molecule has 2 aliphatic carbocycles. The quantitative estimate of drug-likeness (QED) is 0.605. The molecule has 0 heterocycles. The Morgan fingerprint density at radius 3 is 2.28 bits per heavy atom. The minimum atomic E-state index is -0.0237. The summed E-state index contributed by atoms with van der Waals surface area (Å²) in [5.74, 6) is 0.580. The monoisotopic (exact) mass is 253 g/mol. The van der Waals surface area contributed by atoms with Gasteiger partial charge in [-0.25, -0.2) is 0 Å². The molecule has 0 atom stereocenters. The van der Waals surface area contributed by atoms with Crippen LogP contribution in [-0.4, -0.2) is 19.1 Å². The summed E-state index contributed by atoms with van der Waals surface area (Å²) in [6.45, 7) is 1.27. The van der Waals surface area contributed by atoms with Crippen LogP contribution < -0.4 is 5.73 Å². The van der Waals surface area contributed by atoms with E-state index >= 15 is 0 Å². The SMILES string of the molecule is NCC1(CC(=O)OCC2CCCCCC2)CCC1. The van der Waals surface area contributed by atoms with E-state index in [-0.39, 0.29) is 11.4 Å². The molecular weight excluding hydrogens is 226 g/mol. The van der Waals surface area contributed by atoms with E-state index in [4.69, 9.17) is 10.5 Å². The molecule has 0 aromatic heterocycles. The number of carbonyl (C=O) groups excluding carboxylic acids is 1. The van der Waals surface area contributed by atoms with Crippen molar-refractivity contribution in [2.45, 2.75) is 64.2 Å². The van der Waals surface area contributed by atoms with Gasteiger partial charge in [-0.1, -0.05) is 32.1 Å². The van der Waals surface area contributed by atoms with Gasteiger partial charge in [0.2, 0.25) is 0 Å². The summed E-state index contributed by atoms with van der Waals surface area (Å²) < 4.78 is 5.48. The molecule has 0 amide bonds. The fraction of sp³-hybridized carbons (Fsp3) is 0.933. The number of carbonyl (C=O) groups is 1. The van der Waals surface area contributed by atoms with Crippen LogP contribution in [-0.2, 0) is 9.53 Å². The molecule has 0 aliphatic heterocycles. The lowest BCUT2D eigenvalue weighted by Gasteiger charge is -2.40. The van der Waals surface area contributed by atoms with Crippen LogP contribution in [0.15, 0.2) is 0 Å². The largest absolute Gasteiger partial charge is 0.465 e. The second kappa shape index (κ2) is 6.55. The molecule has 18 heavy (non-hydrogen) atoms. The highest BCUT2D eigenvalue weighted by Gasteiger charge is 2.38. The smallest absolute Gasteiger partial charge is 0.306 e. The van der Waals surface area contributed by atoms with E-state index in [0.717, 1.165) is 12.8 Å². The average Bonchev–Trinajstić information content (AvgIpc) is 2.60. The van der Waals surface area contributed by atoms with Gasteiger partial charge < -0.3 is 10.5 Å². The Hall–Kier alpha value is -0.570. The van der Waals surface area contributed by atoms with Crippen molar-refractivity contribution in [3.8, 4) is 0 Å². The minimum absolute atomic E-state index is 0.0237. The first kappa shape index (κ1) is 13.9. The zero-order chi connectivity index (χ0) is 12.8. The number of hydrogen-bond donors (Lipinski definition) is 1. The van der Waals surface area contributed by atoms with Gasteiger partial charge in [0.1, 0.15) is 0 Å². The van der Waals surface area contributed by atoms with Gasteiger partial charge in [0.15, 0.2) is 0 Å². The number of ether oxygens (including phenoxy) is 1. The molecule has 0 saturated heterocycles. The van der Waals surface area contributed by atoms with Crippen molar-refractivity contribution in [2.24, 2.45) is 17.1 Å². The van der Waals surface area contributed by atoms with Crippen LogP contribution in [0.4, 0.5) is 0 Å². The van der Waals surface area contributed by atoms with Crippen LogP contribution in [0.3, 0.4) is 0 Å². The summed E-state index contributed by atoms with van der Waals surface area (Å²) in [6.07, 6.45) is 11.7. The molecule has 0 aromatic carbocycles. The third-order valence-corrected chi connectivity index (χ3v) is 4.82. The summed E-state index contributed by atoms with van der Waals surface area (Å²) in [6, 6.07) is 0.